The van der Waals surface area contributed by atoms with Gasteiger partial charge in [-0.2, -0.15) is 0 Å². The molecule has 0 amide bonds. The van der Waals surface area contributed by atoms with Crippen LogP contribution in [0.1, 0.15) is 67.2 Å². The Morgan fingerprint density at radius 2 is 1.72 bits per heavy atom. The van der Waals surface area contributed by atoms with Crippen LogP contribution in [0, 0.1) is 5.92 Å². The van der Waals surface area contributed by atoms with Gasteiger partial charge in [-0.25, -0.2) is 4.79 Å². The summed E-state index contributed by atoms with van der Waals surface area (Å²) in [6.45, 7) is 11.6. The fourth-order valence-corrected chi connectivity index (χ4v) is 3.26. The highest BCUT2D eigenvalue weighted by Gasteiger charge is 2.19. The number of aliphatic hydroxyl groups excluding tert-OH is 2. The van der Waals surface area contributed by atoms with Crippen molar-refractivity contribution in [1.29, 1.82) is 0 Å². The van der Waals surface area contributed by atoms with E-state index >= 15 is 0 Å². The van der Waals surface area contributed by atoms with Gasteiger partial charge in [-0.05, 0) is 58.1 Å². The second kappa shape index (κ2) is 12.6. The van der Waals surface area contributed by atoms with Crippen LogP contribution in [0.25, 0.3) is 0 Å². The SMILES string of the molecule is CC[C@@H]1C/C=C(C)/C=C(\C)[C@H](O)[C@@H](CC)/C=C(\C)[C@@H](O)C/C=C/C=C(\C)C(=O)O1. The van der Waals surface area contributed by atoms with Crippen molar-refractivity contribution < 1.29 is 19.7 Å². The van der Waals surface area contributed by atoms with Crippen molar-refractivity contribution in [3.63, 3.8) is 0 Å². The van der Waals surface area contributed by atoms with Gasteiger partial charge in [-0.1, -0.05) is 55.9 Å². The summed E-state index contributed by atoms with van der Waals surface area (Å²) in [5.41, 5.74) is 3.29. The number of ether oxygens (including phenoxy) is 1. The van der Waals surface area contributed by atoms with Crippen LogP contribution in [0.15, 0.2) is 58.7 Å². The fourth-order valence-electron chi connectivity index (χ4n) is 3.26. The van der Waals surface area contributed by atoms with E-state index in [4.69, 9.17) is 4.74 Å². The molecule has 0 saturated heterocycles. The number of hydrogen-bond donors (Lipinski definition) is 2. The predicted molar refractivity (Wildman–Crippen MR) is 119 cm³/mol. The topological polar surface area (TPSA) is 66.8 Å². The zero-order valence-electron chi connectivity index (χ0n) is 18.8. The van der Waals surface area contributed by atoms with E-state index in [0.717, 1.165) is 29.6 Å². The molecule has 0 bridgehead atoms. The first-order chi connectivity index (χ1) is 13.7. The van der Waals surface area contributed by atoms with Crippen molar-refractivity contribution in [3.05, 3.63) is 58.7 Å². The van der Waals surface area contributed by atoms with Crippen LogP contribution in [0.2, 0.25) is 0 Å². The lowest BCUT2D eigenvalue weighted by atomic mass is 9.90. The Hall–Kier alpha value is -1.91. The van der Waals surface area contributed by atoms with E-state index in [1.54, 1.807) is 19.1 Å². The largest absolute Gasteiger partial charge is 0.459 e. The number of cyclic esters (lactones) is 1. The molecule has 29 heavy (non-hydrogen) atoms. The van der Waals surface area contributed by atoms with E-state index in [1.807, 2.05) is 58.9 Å². The van der Waals surface area contributed by atoms with E-state index in [2.05, 4.69) is 0 Å². The summed E-state index contributed by atoms with van der Waals surface area (Å²) in [7, 11) is 0. The minimum Gasteiger partial charge on any atom is -0.459 e. The molecule has 162 valence electrons. The van der Waals surface area contributed by atoms with Gasteiger partial charge in [0, 0.05) is 17.9 Å². The van der Waals surface area contributed by atoms with E-state index in [0.29, 0.717) is 18.4 Å². The van der Waals surface area contributed by atoms with Gasteiger partial charge in [0.2, 0.25) is 0 Å². The van der Waals surface area contributed by atoms with Crippen molar-refractivity contribution in [2.75, 3.05) is 0 Å². The number of carbonyl (C=O) groups excluding carboxylic acids is 1. The summed E-state index contributed by atoms with van der Waals surface area (Å²) in [5, 5.41) is 21.2. The van der Waals surface area contributed by atoms with Crippen LogP contribution in [-0.4, -0.2) is 34.5 Å². The zero-order valence-corrected chi connectivity index (χ0v) is 18.8. The number of rotatable bonds is 2. The molecule has 0 unspecified atom stereocenters. The van der Waals surface area contributed by atoms with Gasteiger partial charge in [0.25, 0.3) is 0 Å². The monoisotopic (exact) mass is 402 g/mol. The normalized spacial score (nSPS) is 36.6. The average molecular weight is 403 g/mol. The van der Waals surface area contributed by atoms with E-state index < -0.39 is 12.2 Å². The molecule has 4 atom stereocenters. The molecule has 0 aromatic heterocycles. The summed E-state index contributed by atoms with van der Waals surface area (Å²) in [6, 6.07) is 0. The molecule has 1 heterocycles. The van der Waals surface area contributed by atoms with Gasteiger partial charge in [0.15, 0.2) is 0 Å². The average Bonchev–Trinajstić information content (AvgIpc) is 2.70. The minimum atomic E-state index is -0.623. The second-order valence-corrected chi connectivity index (χ2v) is 7.96. The van der Waals surface area contributed by atoms with Crippen molar-refractivity contribution in [2.45, 2.75) is 85.5 Å². The van der Waals surface area contributed by atoms with Crippen molar-refractivity contribution in [1.82, 2.24) is 0 Å². The van der Waals surface area contributed by atoms with Crippen LogP contribution in [-0.2, 0) is 9.53 Å². The molecular formula is C25H38O4. The lowest BCUT2D eigenvalue weighted by Gasteiger charge is -2.22. The molecule has 4 nitrogen and oxygen atoms in total. The molecule has 0 aromatic carbocycles. The predicted octanol–water partition coefficient (Wildman–Crippen LogP) is 5.19. The lowest BCUT2D eigenvalue weighted by Crippen LogP contribution is -2.21. The third-order valence-electron chi connectivity index (χ3n) is 5.40. The summed E-state index contributed by atoms with van der Waals surface area (Å²) in [5.74, 6) is -0.374. The van der Waals surface area contributed by atoms with Gasteiger partial charge >= 0.3 is 5.97 Å². The summed E-state index contributed by atoms with van der Waals surface area (Å²) in [6.07, 6.45) is 12.5. The van der Waals surface area contributed by atoms with Gasteiger partial charge in [0.1, 0.15) is 6.10 Å². The second-order valence-electron chi connectivity index (χ2n) is 7.96. The Bertz CT molecular complexity index is 694. The number of aliphatic hydroxyl groups is 2. The van der Waals surface area contributed by atoms with Crippen LogP contribution in [0.5, 0.6) is 0 Å². The molecule has 2 N–H and O–H groups in total. The molecular weight excluding hydrogens is 364 g/mol. The highest BCUT2D eigenvalue weighted by molar-refractivity contribution is 5.88. The molecule has 0 saturated carbocycles. The first-order valence-corrected chi connectivity index (χ1v) is 10.6. The van der Waals surface area contributed by atoms with Gasteiger partial charge in [-0.3, -0.25) is 0 Å². The van der Waals surface area contributed by atoms with Crippen LogP contribution < -0.4 is 0 Å². The van der Waals surface area contributed by atoms with Crippen molar-refractivity contribution in [2.24, 2.45) is 5.92 Å². The van der Waals surface area contributed by atoms with Gasteiger partial charge < -0.3 is 14.9 Å². The van der Waals surface area contributed by atoms with E-state index in [1.165, 1.54) is 0 Å². The van der Waals surface area contributed by atoms with Crippen LogP contribution >= 0.6 is 0 Å². The fraction of sp³-hybridized carbons (Fsp3) is 0.560. The maximum atomic E-state index is 12.3. The third-order valence-corrected chi connectivity index (χ3v) is 5.40. The number of hydrogen-bond acceptors (Lipinski definition) is 4. The Morgan fingerprint density at radius 1 is 1.03 bits per heavy atom. The Morgan fingerprint density at radius 3 is 2.34 bits per heavy atom. The zero-order chi connectivity index (χ0) is 22.0. The molecule has 0 aromatic rings. The van der Waals surface area contributed by atoms with E-state index in [9.17, 15) is 15.0 Å². The molecule has 1 rings (SSSR count). The molecule has 0 fully saturated rings. The molecule has 4 heteroatoms. The Kier molecular flexibility index (Phi) is 10.9. The van der Waals surface area contributed by atoms with Crippen molar-refractivity contribution in [3.8, 4) is 0 Å². The quantitative estimate of drug-likeness (QED) is 0.493. The summed E-state index contributed by atoms with van der Waals surface area (Å²) in [4.78, 5) is 12.3. The first-order valence-electron chi connectivity index (χ1n) is 10.6. The van der Waals surface area contributed by atoms with Gasteiger partial charge in [-0.15, -0.1) is 0 Å². The number of carbonyl (C=O) groups is 1. The minimum absolute atomic E-state index is 0.0527. The maximum Gasteiger partial charge on any atom is 0.333 e. The number of esters is 1. The molecule has 0 radical (unpaired) electrons. The standard InChI is InChI=1S/C25H38O4/c1-7-21-16-19(5)23(26)12-10-9-11-18(4)25(28)29-22(8-2)14-13-17(3)15-20(6)24(21)27/h9-11,13,15-16,21-24,26-27H,7-8,12,14H2,1-6H3/b10-9+,17-13+,18-11+,19-16+,20-15+/t21-,22+,23-,24-/m0/s1. The summed E-state index contributed by atoms with van der Waals surface area (Å²) < 4.78 is 5.61. The van der Waals surface area contributed by atoms with Crippen LogP contribution in [0.3, 0.4) is 0 Å². The smallest absolute Gasteiger partial charge is 0.333 e. The lowest BCUT2D eigenvalue weighted by molar-refractivity contribution is -0.144. The third kappa shape index (κ3) is 8.55. The molecule has 1 aliphatic rings. The molecule has 0 aliphatic carbocycles. The van der Waals surface area contributed by atoms with Gasteiger partial charge in [0.05, 0.1) is 12.2 Å². The molecule has 1 aliphatic heterocycles. The van der Waals surface area contributed by atoms with E-state index in [-0.39, 0.29) is 18.0 Å². The van der Waals surface area contributed by atoms with Crippen molar-refractivity contribution >= 4 is 5.97 Å². The van der Waals surface area contributed by atoms with Crippen LogP contribution in [0.4, 0.5) is 0 Å². The Labute approximate surface area is 176 Å². The highest BCUT2D eigenvalue weighted by atomic mass is 16.5. The summed E-state index contributed by atoms with van der Waals surface area (Å²) >= 11 is 0. The molecule has 0 spiro atoms. The number of allylic oxidation sites excluding steroid dienone is 4. The first kappa shape index (κ1) is 25.1. The Balaban J connectivity index is 3.25. The maximum absolute atomic E-state index is 12.3. The highest BCUT2D eigenvalue weighted by Crippen LogP contribution is 2.22.